The third-order valence-corrected chi connectivity index (χ3v) is 5.30. The van der Waals surface area contributed by atoms with E-state index in [4.69, 9.17) is 10.8 Å². The number of H-pyrrole nitrogens is 1. The Balaban J connectivity index is 2.94. The summed E-state index contributed by atoms with van der Waals surface area (Å²) in [6.07, 6.45) is 2.65. The minimum atomic E-state index is -1.51. The summed E-state index contributed by atoms with van der Waals surface area (Å²) in [5.74, 6) is -5.70. The van der Waals surface area contributed by atoms with Gasteiger partial charge in [-0.25, -0.2) is 9.78 Å². The van der Waals surface area contributed by atoms with E-state index in [1.54, 1.807) is 13.8 Å². The smallest absolute Gasteiger partial charge is 0.327 e. The number of amides is 3. The molecule has 184 valence electrons. The lowest BCUT2D eigenvalue weighted by molar-refractivity contribution is -0.143. The van der Waals surface area contributed by atoms with Crippen LogP contribution in [0.4, 0.5) is 0 Å². The van der Waals surface area contributed by atoms with E-state index < -0.39 is 66.2 Å². The van der Waals surface area contributed by atoms with Crippen LogP contribution in [0.2, 0.25) is 0 Å². The molecule has 5 unspecified atom stereocenters. The molecule has 1 aromatic rings. The first-order valence-corrected chi connectivity index (χ1v) is 10.8. The number of carbonyl (C=O) groups is 5. The van der Waals surface area contributed by atoms with Crippen molar-refractivity contribution in [3.8, 4) is 0 Å². The van der Waals surface area contributed by atoms with Crippen molar-refractivity contribution < 1.29 is 34.2 Å². The van der Waals surface area contributed by atoms with Gasteiger partial charge in [0, 0.05) is 24.1 Å². The average Bonchev–Trinajstić information content (AvgIpc) is 3.26. The lowest BCUT2D eigenvalue weighted by Gasteiger charge is -2.27. The second kappa shape index (κ2) is 13.4. The number of aliphatic carboxylic acids is 2. The van der Waals surface area contributed by atoms with E-state index in [1.807, 2.05) is 0 Å². The van der Waals surface area contributed by atoms with Crippen LogP contribution in [-0.2, 0) is 30.4 Å². The number of thiol groups is 1. The standard InChI is InChI=1S/C19H30N6O7S/c1-3-9(2)15(18(30)24-13(7-33)19(31)32)25-17(29)12(5-14(26)27)23-16(28)11(20)4-10-6-21-8-22-10/h6,8-9,11-13,15,33H,3-5,7,20H2,1-2H3,(H,21,22)(H,23,28)(H,24,30)(H,25,29)(H,26,27)(H,31,32). The van der Waals surface area contributed by atoms with Gasteiger partial charge in [-0.3, -0.25) is 19.2 Å². The van der Waals surface area contributed by atoms with Crippen LogP contribution in [0.5, 0.6) is 0 Å². The summed E-state index contributed by atoms with van der Waals surface area (Å²) < 4.78 is 0. The first-order chi connectivity index (χ1) is 15.5. The number of nitrogens with two attached hydrogens (primary N) is 1. The third-order valence-electron chi connectivity index (χ3n) is 4.93. The number of hydrogen-bond donors (Lipinski definition) is 8. The molecule has 8 N–H and O–H groups in total. The van der Waals surface area contributed by atoms with Gasteiger partial charge < -0.3 is 36.9 Å². The second-order valence-corrected chi connectivity index (χ2v) is 7.87. The van der Waals surface area contributed by atoms with Crippen molar-refractivity contribution in [1.82, 2.24) is 25.9 Å². The Morgan fingerprint density at radius 3 is 2.21 bits per heavy atom. The fourth-order valence-electron chi connectivity index (χ4n) is 2.79. The fourth-order valence-corrected chi connectivity index (χ4v) is 3.04. The van der Waals surface area contributed by atoms with Gasteiger partial charge >= 0.3 is 11.9 Å². The van der Waals surface area contributed by atoms with Crippen molar-refractivity contribution in [1.29, 1.82) is 0 Å². The molecule has 0 bridgehead atoms. The highest BCUT2D eigenvalue weighted by Gasteiger charge is 2.33. The van der Waals surface area contributed by atoms with E-state index in [-0.39, 0.29) is 12.2 Å². The number of imidazole rings is 1. The molecule has 0 radical (unpaired) electrons. The Labute approximate surface area is 195 Å². The molecule has 0 saturated heterocycles. The molecule has 0 fully saturated rings. The van der Waals surface area contributed by atoms with E-state index in [0.717, 1.165) is 0 Å². The monoisotopic (exact) mass is 486 g/mol. The maximum Gasteiger partial charge on any atom is 0.327 e. The molecule has 13 nitrogen and oxygen atoms in total. The SMILES string of the molecule is CCC(C)C(NC(=O)C(CC(=O)O)NC(=O)C(N)Cc1cnc[nH]1)C(=O)NC(CS)C(=O)O. The third kappa shape index (κ3) is 9.10. The van der Waals surface area contributed by atoms with Gasteiger partial charge in [0.15, 0.2) is 0 Å². The molecule has 0 aliphatic carbocycles. The number of aromatic amines is 1. The van der Waals surface area contributed by atoms with E-state index >= 15 is 0 Å². The lowest BCUT2D eigenvalue weighted by atomic mass is 9.97. The van der Waals surface area contributed by atoms with Gasteiger partial charge in [-0.1, -0.05) is 20.3 Å². The Hall–Kier alpha value is -3.13. The van der Waals surface area contributed by atoms with E-state index in [9.17, 15) is 29.1 Å². The van der Waals surface area contributed by atoms with Crippen LogP contribution in [0.15, 0.2) is 12.5 Å². The molecule has 5 atom stereocenters. The molecule has 3 amide bonds. The zero-order valence-corrected chi connectivity index (χ0v) is 19.2. The summed E-state index contributed by atoms with van der Waals surface area (Å²) in [6.45, 7) is 3.42. The van der Waals surface area contributed by atoms with Gasteiger partial charge in [0.1, 0.15) is 18.1 Å². The largest absolute Gasteiger partial charge is 0.481 e. The quantitative estimate of drug-likeness (QED) is 0.140. The van der Waals surface area contributed by atoms with Crippen LogP contribution in [-0.4, -0.2) is 79.8 Å². The molecular formula is C19H30N6O7S. The van der Waals surface area contributed by atoms with Gasteiger partial charge in [-0.2, -0.15) is 12.6 Å². The molecule has 33 heavy (non-hydrogen) atoms. The van der Waals surface area contributed by atoms with Crippen LogP contribution in [0.3, 0.4) is 0 Å². The minimum absolute atomic E-state index is 0.0748. The molecule has 0 spiro atoms. The van der Waals surface area contributed by atoms with Crippen LogP contribution < -0.4 is 21.7 Å². The predicted octanol–water partition coefficient (Wildman–Crippen LogP) is -1.73. The fraction of sp³-hybridized carbons (Fsp3) is 0.579. The Morgan fingerprint density at radius 1 is 1.09 bits per heavy atom. The zero-order chi connectivity index (χ0) is 25.1. The number of rotatable bonds is 14. The van der Waals surface area contributed by atoms with Gasteiger partial charge in [0.05, 0.1) is 18.8 Å². The number of hydrogen-bond acceptors (Lipinski definition) is 8. The molecular weight excluding hydrogens is 456 g/mol. The summed E-state index contributed by atoms with van der Waals surface area (Å²) in [5, 5.41) is 25.3. The molecule has 1 rings (SSSR count). The van der Waals surface area contributed by atoms with Crippen molar-refractivity contribution in [2.24, 2.45) is 11.7 Å². The summed E-state index contributed by atoms with van der Waals surface area (Å²) in [4.78, 5) is 67.0. The van der Waals surface area contributed by atoms with Crippen molar-refractivity contribution in [2.75, 3.05) is 5.75 Å². The van der Waals surface area contributed by atoms with Crippen molar-refractivity contribution >= 4 is 42.3 Å². The van der Waals surface area contributed by atoms with E-state index in [0.29, 0.717) is 12.1 Å². The molecule has 0 saturated carbocycles. The average molecular weight is 487 g/mol. The van der Waals surface area contributed by atoms with Crippen molar-refractivity contribution in [3.63, 3.8) is 0 Å². The molecule has 0 aliphatic heterocycles. The van der Waals surface area contributed by atoms with Crippen LogP contribution in [0, 0.1) is 5.92 Å². The molecule has 0 aromatic carbocycles. The van der Waals surface area contributed by atoms with Gasteiger partial charge in [-0.05, 0) is 5.92 Å². The topological polar surface area (TPSA) is 217 Å². The Morgan fingerprint density at radius 2 is 1.73 bits per heavy atom. The Kier molecular flexibility index (Phi) is 11.4. The van der Waals surface area contributed by atoms with E-state index in [1.165, 1.54) is 12.5 Å². The van der Waals surface area contributed by atoms with Gasteiger partial charge in [0.2, 0.25) is 17.7 Å². The lowest BCUT2D eigenvalue weighted by Crippen LogP contribution is -2.59. The molecule has 0 aliphatic rings. The minimum Gasteiger partial charge on any atom is -0.481 e. The van der Waals surface area contributed by atoms with Gasteiger partial charge in [-0.15, -0.1) is 0 Å². The van der Waals surface area contributed by atoms with Crippen molar-refractivity contribution in [3.05, 3.63) is 18.2 Å². The maximum absolute atomic E-state index is 12.8. The highest BCUT2D eigenvalue weighted by molar-refractivity contribution is 7.80. The Bertz CT molecular complexity index is 835. The first kappa shape index (κ1) is 27.9. The summed E-state index contributed by atoms with van der Waals surface area (Å²) in [6, 6.07) is -5.05. The number of carboxylic acid groups (broad SMARTS) is 2. The second-order valence-electron chi connectivity index (χ2n) is 7.50. The normalized spacial score (nSPS) is 15.4. The van der Waals surface area contributed by atoms with Crippen LogP contribution in [0.1, 0.15) is 32.4 Å². The highest BCUT2D eigenvalue weighted by Crippen LogP contribution is 2.10. The number of carboxylic acids is 2. The summed E-state index contributed by atoms with van der Waals surface area (Å²) in [7, 11) is 0. The molecule has 1 heterocycles. The summed E-state index contributed by atoms with van der Waals surface area (Å²) in [5.41, 5.74) is 6.41. The van der Waals surface area contributed by atoms with Crippen LogP contribution >= 0.6 is 12.6 Å². The first-order valence-electron chi connectivity index (χ1n) is 10.2. The van der Waals surface area contributed by atoms with Gasteiger partial charge in [0.25, 0.3) is 0 Å². The summed E-state index contributed by atoms with van der Waals surface area (Å²) >= 11 is 3.89. The van der Waals surface area contributed by atoms with E-state index in [2.05, 4.69) is 38.5 Å². The number of nitrogens with one attached hydrogen (secondary N) is 4. The maximum atomic E-state index is 12.8. The predicted molar refractivity (Wildman–Crippen MR) is 119 cm³/mol. The number of carbonyl (C=O) groups excluding carboxylic acids is 3. The number of nitrogens with zero attached hydrogens (tertiary/aromatic N) is 1. The molecule has 14 heteroatoms. The highest BCUT2D eigenvalue weighted by atomic mass is 32.1. The van der Waals surface area contributed by atoms with Crippen LogP contribution in [0.25, 0.3) is 0 Å². The molecule has 1 aromatic heterocycles. The number of aromatic nitrogens is 2. The van der Waals surface area contributed by atoms with Crippen molar-refractivity contribution in [2.45, 2.75) is 57.3 Å². The zero-order valence-electron chi connectivity index (χ0n) is 18.3.